The summed E-state index contributed by atoms with van der Waals surface area (Å²) in [6.07, 6.45) is 1.50. The fourth-order valence-electron chi connectivity index (χ4n) is 1.93. The van der Waals surface area contributed by atoms with Crippen LogP contribution in [0.3, 0.4) is 0 Å². The van der Waals surface area contributed by atoms with Gasteiger partial charge in [-0.05, 0) is 25.1 Å². The predicted molar refractivity (Wildman–Crippen MR) is 80.2 cm³/mol. The van der Waals surface area contributed by atoms with E-state index in [4.69, 9.17) is 22.1 Å². The van der Waals surface area contributed by atoms with Gasteiger partial charge in [-0.1, -0.05) is 29.8 Å². The van der Waals surface area contributed by atoms with Crippen LogP contribution < -0.4 is 10.5 Å². The number of aryl methyl sites for hydroxylation is 1. The monoisotopic (exact) mass is 285 g/mol. The van der Waals surface area contributed by atoms with E-state index < -0.39 is 0 Å². The Balaban J connectivity index is 2.08. The van der Waals surface area contributed by atoms with Crippen LogP contribution in [0, 0.1) is 6.92 Å². The normalized spacial score (nSPS) is 10.7. The van der Waals surface area contributed by atoms with Crippen LogP contribution in [0.4, 0.5) is 5.69 Å². The molecule has 0 aliphatic rings. The van der Waals surface area contributed by atoms with Gasteiger partial charge in [0.1, 0.15) is 5.52 Å². The predicted octanol–water partition coefficient (Wildman–Crippen LogP) is 3.97. The molecule has 0 saturated heterocycles. The molecule has 0 atom stereocenters. The molecule has 0 unspecified atom stereocenters. The third-order valence-corrected chi connectivity index (χ3v) is 3.08. The first-order valence-electron chi connectivity index (χ1n) is 6.09. The van der Waals surface area contributed by atoms with Gasteiger partial charge in [0, 0.05) is 17.3 Å². The number of fused-ring (bicyclic) bond motifs is 1. The molecule has 0 aliphatic carbocycles. The summed E-state index contributed by atoms with van der Waals surface area (Å²) in [4.78, 5) is 8.59. The molecule has 2 N–H and O–H groups in total. The topological polar surface area (TPSA) is 61.0 Å². The van der Waals surface area contributed by atoms with Crippen molar-refractivity contribution in [2.24, 2.45) is 0 Å². The van der Waals surface area contributed by atoms with Crippen LogP contribution in [0.25, 0.3) is 10.9 Å². The van der Waals surface area contributed by atoms with Gasteiger partial charge in [0.05, 0.1) is 10.7 Å². The molecule has 3 rings (SSSR count). The number of nitrogens with zero attached hydrogens (tertiary/aromatic N) is 2. The lowest BCUT2D eigenvalue weighted by Crippen LogP contribution is -1.96. The first-order chi connectivity index (χ1) is 9.63. The number of aromatic nitrogens is 2. The fourth-order valence-corrected chi connectivity index (χ4v) is 2.10. The molecule has 4 nitrogen and oxygen atoms in total. The second-order valence-electron chi connectivity index (χ2n) is 4.43. The SMILES string of the molecule is Cc1ccc2cccc(Oc3ncc(Cl)cc3N)c2n1. The molecule has 2 aromatic heterocycles. The standard InChI is InChI=1S/C15H12ClN3O/c1-9-5-6-10-3-2-4-13(14(10)19-9)20-15-12(17)7-11(16)8-18-15/h2-8H,17H2,1H3. The number of ether oxygens (including phenoxy) is 1. The molecule has 0 fully saturated rings. The summed E-state index contributed by atoms with van der Waals surface area (Å²) in [5.41, 5.74) is 7.94. The van der Waals surface area contributed by atoms with Crippen LogP contribution in [0.1, 0.15) is 5.69 Å². The Kier molecular flexibility index (Phi) is 3.16. The highest BCUT2D eigenvalue weighted by atomic mass is 35.5. The molecule has 0 saturated carbocycles. The molecular weight excluding hydrogens is 274 g/mol. The molecule has 0 bridgehead atoms. The average molecular weight is 286 g/mol. The van der Waals surface area contributed by atoms with Crippen molar-refractivity contribution in [2.45, 2.75) is 6.92 Å². The third-order valence-electron chi connectivity index (χ3n) is 2.87. The van der Waals surface area contributed by atoms with Crippen LogP contribution in [-0.2, 0) is 0 Å². The van der Waals surface area contributed by atoms with Gasteiger partial charge in [-0.3, -0.25) is 0 Å². The molecule has 0 radical (unpaired) electrons. The minimum absolute atomic E-state index is 0.324. The second kappa shape index (κ2) is 4.98. The zero-order valence-electron chi connectivity index (χ0n) is 10.8. The summed E-state index contributed by atoms with van der Waals surface area (Å²) in [6.45, 7) is 1.94. The maximum absolute atomic E-state index is 5.85. The van der Waals surface area contributed by atoms with Gasteiger partial charge in [-0.25, -0.2) is 9.97 Å². The number of benzene rings is 1. The van der Waals surface area contributed by atoms with Gasteiger partial charge in [-0.2, -0.15) is 0 Å². The van der Waals surface area contributed by atoms with Gasteiger partial charge in [-0.15, -0.1) is 0 Å². The van der Waals surface area contributed by atoms with E-state index in [0.29, 0.717) is 22.3 Å². The number of halogens is 1. The summed E-state index contributed by atoms with van der Waals surface area (Å²) in [5.74, 6) is 0.943. The minimum Gasteiger partial charge on any atom is -0.435 e. The lowest BCUT2D eigenvalue weighted by Gasteiger charge is -2.09. The Morgan fingerprint density at radius 3 is 2.85 bits per heavy atom. The Morgan fingerprint density at radius 1 is 1.20 bits per heavy atom. The van der Waals surface area contributed by atoms with E-state index in [-0.39, 0.29) is 0 Å². The van der Waals surface area contributed by atoms with E-state index >= 15 is 0 Å². The number of nitrogens with two attached hydrogens (primary N) is 1. The zero-order chi connectivity index (χ0) is 14.1. The van der Waals surface area contributed by atoms with Gasteiger partial charge >= 0.3 is 0 Å². The van der Waals surface area contributed by atoms with Crippen molar-refractivity contribution in [1.29, 1.82) is 0 Å². The lowest BCUT2D eigenvalue weighted by molar-refractivity contribution is 0.470. The van der Waals surface area contributed by atoms with E-state index in [1.807, 2.05) is 37.3 Å². The summed E-state index contributed by atoms with van der Waals surface area (Å²) < 4.78 is 5.78. The highest BCUT2D eigenvalue weighted by Crippen LogP contribution is 2.31. The highest BCUT2D eigenvalue weighted by Gasteiger charge is 2.09. The molecule has 1 aromatic carbocycles. The summed E-state index contributed by atoms with van der Waals surface area (Å²) in [5, 5.41) is 1.47. The van der Waals surface area contributed by atoms with E-state index in [0.717, 1.165) is 16.6 Å². The zero-order valence-corrected chi connectivity index (χ0v) is 11.6. The number of anilines is 1. The smallest absolute Gasteiger partial charge is 0.242 e. The quantitative estimate of drug-likeness (QED) is 0.774. The Hall–Kier alpha value is -2.33. The van der Waals surface area contributed by atoms with Crippen molar-refractivity contribution in [3.63, 3.8) is 0 Å². The molecule has 20 heavy (non-hydrogen) atoms. The van der Waals surface area contributed by atoms with E-state index in [1.54, 1.807) is 6.07 Å². The van der Waals surface area contributed by atoms with E-state index in [1.165, 1.54) is 6.20 Å². The average Bonchev–Trinajstić information content (AvgIpc) is 2.42. The van der Waals surface area contributed by atoms with Crippen molar-refractivity contribution in [3.05, 3.63) is 53.3 Å². The summed E-state index contributed by atoms with van der Waals surface area (Å²) in [7, 11) is 0. The molecule has 2 heterocycles. The number of nitrogen functional groups attached to an aromatic ring is 1. The molecule has 3 aromatic rings. The maximum Gasteiger partial charge on any atom is 0.242 e. The van der Waals surface area contributed by atoms with Crippen LogP contribution in [0.15, 0.2) is 42.6 Å². The first-order valence-corrected chi connectivity index (χ1v) is 6.46. The van der Waals surface area contributed by atoms with Gasteiger partial charge in [0.15, 0.2) is 5.75 Å². The molecule has 0 spiro atoms. The molecule has 5 heteroatoms. The van der Waals surface area contributed by atoms with Crippen LogP contribution >= 0.6 is 11.6 Å². The number of pyridine rings is 2. The second-order valence-corrected chi connectivity index (χ2v) is 4.87. The van der Waals surface area contributed by atoms with Crippen molar-refractivity contribution in [3.8, 4) is 11.6 Å². The Labute approximate surface area is 121 Å². The number of para-hydroxylation sites is 1. The van der Waals surface area contributed by atoms with Crippen molar-refractivity contribution in [2.75, 3.05) is 5.73 Å². The highest BCUT2D eigenvalue weighted by molar-refractivity contribution is 6.30. The van der Waals surface area contributed by atoms with Gasteiger partial charge in [0.25, 0.3) is 0 Å². The van der Waals surface area contributed by atoms with Gasteiger partial charge in [0.2, 0.25) is 5.88 Å². The third kappa shape index (κ3) is 2.38. The van der Waals surface area contributed by atoms with Crippen LogP contribution in [-0.4, -0.2) is 9.97 Å². The lowest BCUT2D eigenvalue weighted by atomic mass is 10.2. The van der Waals surface area contributed by atoms with E-state index in [9.17, 15) is 0 Å². The summed E-state index contributed by atoms with van der Waals surface area (Å²) in [6, 6.07) is 11.3. The van der Waals surface area contributed by atoms with Gasteiger partial charge < -0.3 is 10.5 Å². The van der Waals surface area contributed by atoms with Crippen LogP contribution in [0.5, 0.6) is 11.6 Å². The van der Waals surface area contributed by atoms with Crippen molar-refractivity contribution < 1.29 is 4.74 Å². The Morgan fingerprint density at radius 2 is 2.05 bits per heavy atom. The van der Waals surface area contributed by atoms with Crippen molar-refractivity contribution in [1.82, 2.24) is 9.97 Å². The molecule has 0 aliphatic heterocycles. The van der Waals surface area contributed by atoms with E-state index in [2.05, 4.69) is 9.97 Å². The largest absolute Gasteiger partial charge is 0.435 e. The van der Waals surface area contributed by atoms with Crippen LogP contribution in [0.2, 0.25) is 5.02 Å². The molecule has 0 amide bonds. The number of hydrogen-bond donors (Lipinski definition) is 1. The Bertz CT molecular complexity index is 789. The number of rotatable bonds is 2. The minimum atomic E-state index is 0.324. The first kappa shape index (κ1) is 12.7. The fraction of sp³-hybridized carbons (Fsp3) is 0.0667. The molecular formula is C15H12ClN3O. The summed E-state index contributed by atoms with van der Waals surface area (Å²) >= 11 is 5.83. The maximum atomic E-state index is 5.85. The number of hydrogen-bond acceptors (Lipinski definition) is 4. The molecule has 100 valence electrons. The van der Waals surface area contributed by atoms with Crippen molar-refractivity contribution >= 4 is 28.2 Å².